The van der Waals surface area contributed by atoms with Crippen molar-refractivity contribution in [1.29, 1.82) is 0 Å². The number of nitrogens with one attached hydrogen (secondary N) is 3. The normalized spacial score (nSPS) is 39.1. The minimum Gasteiger partial charge on any atom is -0.368 e. The number of fused-ring (bicyclic) bond motifs is 1. The van der Waals surface area contributed by atoms with E-state index in [2.05, 4.69) is 43.5 Å². The lowest BCUT2D eigenvalue weighted by Crippen LogP contribution is -2.53. The number of alkyl halides is 1. The van der Waals surface area contributed by atoms with Crippen LogP contribution < -0.4 is 16.0 Å². The van der Waals surface area contributed by atoms with Crippen molar-refractivity contribution in [3.63, 3.8) is 0 Å². The number of amidine groups is 1. The molecule has 0 amide bonds. The fourth-order valence-electron chi connectivity index (χ4n) is 1.27. The van der Waals surface area contributed by atoms with Gasteiger partial charge in [0.05, 0.1) is 18.1 Å². The minimum atomic E-state index is -0.683. The van der Waals surface area contributed by atoms with Crippen molar-refractivity contribution in [2.24, 2.45) is 4.99 Å². The van der Waals surface area contributed by atoms with E-state index in [1.807, 2.05) is 6.92 Å². The summed E-state index contributed by atoms with van der Waals surface area (Å²) < 4.78 is 0.787. The van der Waals surface area contributed by atoms with Crippen LogP contribution in [0.3, 0.4) is 0 Å². The number of halogens is 2. The predicted octanol–water partition coefficient (Wildman–Crippen LogP) is 0.653. The van der Waals surface area contributed by atoms with E-state index in [9.17, 15) is 0 Å². The van der Waals surface area contributed by atoms with Gasteiger partial charge in [-0.2, -0.15) is 0 Å². The van der Waals surface area contributed by atoms with Crippen LogP contribution in [0, 0.1) is 0 Å². The summed E-state index contributed by atoms with van der Waals surface area (Å²) in [5.41, 5.74) is 0.872. The third-order valence-electron chi connectivity index (χ3n) is 1.74. The number of aliphatic imine (C=N–C) groups is 1. The Morgan fingerprint density at radius 3 is 3.25 bits per heavy atom. The molecule has 3 N–H and O–H groups in total. The highest BCUT2D eigenvalue weighted by Crippen LogP contribution is 2.26. The van der Waals surface area contributed by atoms with E-state index in [4.69, 9.17) is 11.6 Å². The zero-order chi connectivity index (χ0) is 8.77. The van der Waals surface area contributed by atoms with Gasteiger partial charge in [0.15, 0.2) is 3.84 Å². The topological polar surface area (TPSA) is 48.5 Å². The first-order valence-corrected chi connectivity index (χ1v) is 5.01. The highest BCUT2D eigenvalue weighted by molar-refractivity contribution is 14.1. The van der Waals surface area contributed by atoms with Crippen LogP contribution >= 0.6 is 34.2 Å². The highest BCUT2D eigenvalue weighted by atomic mass is 127. The molecule has 6 heteroatoms. The predicted molar refractivity (Wildman–Crippen MR) is 57.0 cm³/mol. The Morgan fingerprint density at radius 2 is 2.50 bits per heavy atom. The fraction of sp³-hybridized carbons (Fsp3) is 0.500. The second kappa shape index (κ2) is 2.74. The number of hydrogen-bond acceptors (Lipinski definition) is 4. The van der Waals surface area contributed by atoms with E-state index in [1.54, 1.807) is 6.20 Å². The van der Waals surface area contributed by atoms with Crippen molar-refractivity contribution in [2.75, 3.05) is 0 Å². The largest absolute Gasteiger partial charge is 0.368 e. The van der Waals surface area contributed by atoms with Crippen molar-refractivity contribution in [3.05, 3.63) is 11.9 Å². The molecule has 2 heterocycles. The van der Waals surface area contributed by atoms with E-state index < -0.39 is 5.12 Å². The SMILES string of the molecule is C[C@@H]1NC2=CN=C(I)NC2(Cl)N1. The molecule has 0 aliphatic carbocycles. The van der Waals surface area contributed by atoms with Crippen molar-refractivity contribution in [1.82, 2.24) is 16.0 Å². The molecule has 0 saturated carbocycles. The lowest BCUT2D eigenvalue weighted by atomic mass is 10.3. The van der Waals surface area contributed by atoms with Gasteiger partial charge in [0.25, 0.3) is 0 Å². The Kier molecular flexibility index (Phi) is 1.96. The first-order chi connectivity index (χ1) is 5.60. The second-order valence-corrected chi connectivity index (χ2v) is 4.35. The summed E-state index contributed by atoms with van der Waals surface area (Å²) in [6.07, 6.45) is 1.90. The average molecular weight is 299 g/mol. The third-order valence-corrected chi connectivity index (χ3v) is 2.70. The Morgan fingerprint density at radius 1 is 1.75 bits per heavy atom. The van der Waals surface area contributed by atoms with Gasteiger partial charge in [-0.25, -0.2) is 4.99 Å². The van der Waals surface area contributed by atoms with Gasteiger partial charge >= 0.3 is 0 Å². The van der Waals surface area contributed by atoms with Crippen molar-refractivity contribution >= 4 is 38.0 Å². The molecular formula is C6H8ClIN4. The number of rotatable bonds is 0. The van der Waals surface area contributed by atoms with Crippen LogP contribution in [0.15, 0.2) is 16.9 Å². The fourth-order valence-corrected chi connectivity index (χ4v) is 2.33. The molecule has 1 fully saturated rings. The number of hydrogen-bond donors (Lipinski definition) is 3. The van der Waals surface area contributed by atoms with Crippen LogP contribution in [0.25, 0.3) is 0 Å². The second-order valence-electron chi connectivity index (χ2n) is 2.76. The van der Waals surface area contributed by atoms with Gasteiger partial charge in [-0.05, 0) is 29.5 Å². The van der Waals surface area contributed by atoms with Gasteiger partial charge in [0, 0.05) is 0 Å². The van der Waals surface area contributed by atoms with Crippen LogP contribution in [-0.2, 0) is 0 Å². The Bertz CT molecular complexity index is 277. The molecule has 0 aromatic heterocycles. The molecule has 12 heavy (non-hydrogen) atoms. The highest BCUT2D eigenvalue weighted by Gasteiger charge is 2.41. The van der Waals surface area contributed by atoms with Crippen LogP contribution in [0.2, 0.25) is 0 Å². The lowest BCUT2D eigenvalue weighted by Gasteiger charge is -2.26. The summed E-state index contributed by atoms with van der Waals surface area (Å²) in [6.45, 7) is 2.00. The molecule has 0 spiro atoms. The summed E-state index contributed by atoms with van der Waals surface area (Å²) in [5, 5.41) is 8.68. The molecule has 0 aromatic rings. The average Bonchev–Trinajstić information content (AvgIpc) is 2.22. The van der Waals surface area contributed by atoms with E-state index in [-0.39, 0.29) is 6.17 Å². The lowest BCUT2D eigenvalue weighted by molar-refractivity contribution is 0.502. The quantitative estimate of drug-likeness (QED) is 0.350. The number of nitrogens with zero attached hydrogens (tertiary/aromatic N) is 1. The Hall–Kier alpha value is -0.0100. The van der Waals surface area contributed by atoms with E-state index >= 15 is 0 Å². The van der Waals surface area contributed by atoms with E-state index in [1.165, 1.54) is 0 Å². The first-order valence-electron chi connectivity index (χ1n) is 3.55. The summed E-state index contributed by atoms with van der Waals surface area (Å²) in [7, 11) is 0. The molecule has 0 aromatic carbocycles. The van der Waals surface area contributed by atoms with Gasteiger partial charge in [-0.1, -0.05) is 11.6 Å². The Balaban J connectivity index is 2.31. The zero-order valence-corrected chi connectivity index (χ0v) is 9.27. The molecule has 0 bridgehead atoms. The van der Waals surface area contributed by atoms with E-state index in [0.717, 1.165) is 9.54 Å². The molecule has 1 unspecified atom stereocenters. The zero-order valence-electron chi connectivity index (χ0n) is 6.36. The van der Waals surface area contributed by atoms with Crippen molar-refractivity contribution in [3.8, 4) is 0 Å². The smallest absolute Gasteiger partial charge is 0.212 e. The van der Waals surface area contributed by atoms with Gasteiger partial charge < -0.3 is 10.6 Å². The molecule has 2 atom stereocenters. The maximum Gasteiger partial charge on any atom is 0.212 e. The molecule has 0 radical (unpaired) electrons. The van der Waals surface area contributed by atoms with Gasteiger partial charge in [-0.15, -0.1) is 0 Å². The van der Waals surface area contributed by atoms with Crippen LogP contribution in [0.5, 0.6) is 0 Å². The molecule has 2 aliphatic rings. The molecule has 1 saturated heterocycles. The molecular weight excluding hydrogens is 290 g/mol. The maximum atomic E-state index is 6.22. The summed E-state index contributed by atoms with van der Waals surface area (Å²) in [6, 6.07) is 0. The molecule has 2 aliphatic heterocycles. The van der Waals surface area contributed by atoms with E-state index in [0.29, 0.717) is 0 Å². The summed E-state index contributed by atoms with van der Waals surface area (Å²) in [5.74, 6) is 0. The maximum absolute atomic E-state index is 6.22. The van der Waals surface area contributed by atoms with Crippen LogP contribution in [0.1, 0.15) is 6.92 Å². The third kappa shape index (κ3) is 1.29. The van der Waals surface area contributed by atoms with Crippen LogP contribution in [0.4, 0.5) is 0 Å². The van der Waals surface area contributed by atoms with Gasteiger partial charge in [0.2, 0.25) is 5.12 Å². The standard InChI is InChI=1S/C6H8ClIN4/c1-3-10-4-2-9-5(8)12-6(4,7)11-3/h2-3,10-11H,1H3,(H,9,12)/t3-,6?/m1/s1. The molecule has 2 rings (SSSR count). The van der Waals surface area contributed by atoms with Crippen LogP contribution in [-0.4, -0.2) is 15.1 Å². The van der Waals surface area contributed by atoms with Crippen molar-refractivity contribution < 1.29 is 0 Å². The minimum absolute atomic E-state index is 0.166. The summed E-state index contributed by atoms with van der Waals surface area (Å²) in [4.78, 5) is 4.10. The molecule has 4 nitrogen and oxygen atoms in total. The monoisotopic (exact) mass is 298 g/mol. The first kappa shape index (κ1) is 8.58. The summed E-state index contributed by atoms with van der Waals surface area (Å²) >= 11 is 8.32. The Labute approximate surface area is 89.0 Å². The molecule has 66 valence electrons. The van der Waals surface area contributed by atoms with Gasteiger partial charge in [0.1, 0.15) is 0 Å². The van der Waals surface area contributed by atoms with Crippen molar-refractivity contribution in [2.45, 2.75) is 18.2 Å². The van der Waals surface area contributed by atoms with Gasteiger partial charge in [-0.3, -0.25) is 5.32 Å².